The van der Waals surface area contributed by atoms with Gasteiger partial charge in [0, 0.05) is 19.1 Å². The SMILES string of the molecule is CC(NCC(=O)N1CCC(Cc2ccccc2)CC1)c1ccccc1.O=C(O)C(=O)O. The number of nitrogens with one attached hydrogen (secondary N) is 1. The van der Waals surface area contributed by atoms with E-state index in [0.717, 1.165) is 32.4 Å². The molecule has 1 unspecified atom stereocenters. The number of carboxylic acid groups (broad SMARTS) is 2. The van der Waals surface area contributed by atoms with Gasteiger partial charge in [-0.3, -0.25) is 4.79 Å². The van der Waals surface area contributed by atoms with Crippen molar-refractivity contribution in [2.24, 2.45) is 5.92 Å². The van der Waals surface area contributed by atoms with E-state index in [1.165, 1.54) is 11.1 Å². The number of hydrogen-bond acceptors (Lipinski definition) is 4. The zero-order valence-corrected chi connectivity index (χ0v) is 17.7. The number of likely N-dealkylation sites (tertiary alicyclic amines) is 1. The zero-order valence-electron chi connectivity index (χ0n) is 17.7. The number of hydrogen-bond donors (Lipinski definition) is 3. The molecule has 2 aromatic carbocycles. The monoisotopic (exact) mass is 426 g/mol. The van der Waals surface area contributed by atoms with Gasteiger partial charge >= 0.3 is 11.9 Å². The van der Waals surface area contributed by atoms with Gasteiger partial charge in [0.15, 0.2) is 0 Å². The molecule has 1 saturated heterocycles. The number of aliphatic carboxylic acids is 2. The maximum Gasteiger partial charge on any atom is 0.414 e. The summed E-state index contributed by atoms with van der Waals surface area (Å²) in [7, 11) is 0. The highest BCUT2D eigenvalue weighted by Crippen LogP contribution is 2.21. The van der Waals surface area contributed by atoms with Gasteiger partial charge in [0.25, 0.3) is 0 Å². The molecule has 7 heteroatoms. The van der Waals surface area contributed by atoms with Gasteiger partial charge in [-0.15, -0.1) is 0 Å². The Balaban J connectivity index is 0.000000501. The molecule has 3 N–H and O–H groups in total. The predicted molar refractivity (Wildman–Crippen MR) is 118 cm³/mol. The standard InChI is InChI=1S/C22H28N2O.C2H2O4/c1-18(21-10-6-3-7-11-21)23-17-22(25)24-14-12-20(13-15-24)16-19-8-4-2-5-9-19;3-1(4)2(5)6/h2-11,18,20,23H,12-17H2,1H3;(H,3,4)(H,5,6). The molecule has 7 nitrogen and oxygen atoms in total. The summed E-state index contributed by atoms with van der Waals surface area (Å²) >= 11 is 0. The first-order chi connectivity index (χ1) is 14.9. The van der Waals surface area contributed by atoms with E-state index in [4.69, 9.17) is 19.8 Å². The van der Waals surface area contributed by atoms with Crippen LogP contribution in [0.4, 0.5) is 0 Å². The van der Waals surface area contributed by atoms with Crippen LogP contribution in [0, 0.1) is 5.92 Å². The third-order valence-corrected chi connectivity index (χ3v) is 5.38. The van der Waals surface area contributed by atoms with Crippen LogP contribution in [0.2, 0.25) is 0 Å². The Labute approximate surface area is 182 Å². The number of nitrogens with zero attached hydrogens (tertiary/aromatic N) is 1. The number of piperidine rings is 1. The first-order valence-corrected chi connectivity index (χ1v) is 10.4. The lowest BCUT2D eigenvalue weighted by molar-refractivity contribution is -0.159. The average molecular weight is 427 g/mol. The number of benzene rings is 2. The van der Waals surface area contributed by atoms with Crippen molar-refractivity contribution in [3.05, 3.63) is 71.8 Å². The van der Waals surface area contributed by atoms with Gasteiger partial charge in [-0.05, 0) is 43.2 Å². The van der Waals surface area contributed by atoms with E-state index in [0.29, 0.717) is 12.5 Å². The van der Waals surface area contributed by atoms with Gasteiger partial charge < -0.3 is 20.4 Å². The number of amides is 1. The minimum Gasteiger partial charge on any atom is -0.473 e. The smallest absolute Gasteiger partial charge is 0.414 e. The van der Waals surface area contributed by atoms with Gasteiger partial charge in [0.2, 0.25) is 5.91 Å². The lowest BCUT2D eigenvalue weighted by Crippen LogP contribution is -2.43. The average Bonchev–Trinajstić information content (AvgIpc) is 2.79. The second kappa shape index (κ2) is 12.5. The van der Waals surface area contributed by atoms with Crippen LogP contribution in [-0.4, -0.2) is 52.6 Å². The Hall–Kier alpha value is -3.19. The third kappa shape index (κ3) is 8.60. The molecule has 1 amide bonds. The topological polar surface area (TPSA) is 107 Å². The van der Waals surface area contributed by atoms with E-state index in [1.54, 1.807) is 0 Å². The first kappa shape index (κ1) is 24.1. The van der Waals surface area contributed by atoms with Crippen molar-refractivity contribution < 1.29 is 24.6 Å². The predicted octanol–water partition coefficient (Wildman–Crippen LogP) is 2.97. The Morgan fingerprint density at radius 1 is 0.935 bits per heavy atom. The van der Waals surface area contributed by atoms with E-state index >= 15 is 0 Å². The highest BCUT2D eigenvalue weighted by molar-refractivity contribution is 6.27. The quantitative estimate of drug-likeness (QED) is 0.613. The Morgan fingerprint density at radius 2 is 1.45 bits per heavy atom. The Kier molecular flexibility index (Phi) is 9.71. The zero-order chi connectivity index (χ0) is 22.6. The number of rotatable bonds is 6. The van der Waals surface area contributed by atoms with E-state index in [9.17, 15) is 4.79 Å². The molecule has 0 aromatic heterocycles. The lowest BCUT2D eigenvalue weighted by atomic mass is 9.90. The van der Waals surface area contributed by atoms with Crippen LogP contribution >= 0.6 is 0 Å². The van der Waals surface area contributed by atoms with Crippen molar-refractivity contribution >= 4 is 17.8 Å². The van der Waals surface area contributed by atoms with Gasteiger partial charge in [0.1, 0.15) is 0 Å². The van der Waals surface area contributed by atoms with Crippen molar-refractivity contribution in [3.63, 3.8) is 0 Å². The molecule has 1 aliphatic heterocycles. The normalized spacial score (nSPS) is 14.8. The van der Waals surface area contributed by atoms with E-state index in [1.807, 2.05) is 23.1 Å². The van der Waals surface area contributed by atoms with Crippen molar-refractivity contribution in [2.45, 2.75) is 32.2 Å². The summed E-state index contributed by atoms with van der Waals surface area (Å²) in [6.07, 6.45) is 3.34. The summed E-state index contributed by atoms with van der Waals surface area (Å²) < 4.78 is 0. The summed E-state index contributed by atoms with van der Waals surface area (Å²) in [6.45, 7) is 4.30. The number of carboxylic acids is 2. The second-order valence-electron chi connectivity index (χ2n) is 7.64. The molecular weight excluding hydrogens is 396 g/mol. The molecule has 1 atom stereocenters. The van der Waals surface area contributed by atoms with Crippen LogP contribution < -0.4 is 5.32 Å². The highest BCUT2D eigenvalue weighted by atomic mass is 16.4. The minimum absolute atomic E-state index is 0.195. The van der Waals surface area contributed by atoms with Gasteiger partial charge in [-0.25, -0.2) is 9.59 Å². The van der Waals surface area contributed by atoms with E-state index in [2.05, 4.69) is 54.7 Å². The maximum atomic E-state index is 12.5. The molecule has 1 aliphatic rings. The molecule has 166 valence electrons. The summed E-state index contributed by atoms with van der Waals surface area (Å²) in [5.74, 6) is -2.73. The first-order valence-electron chi connectivity index (χ1n) is 10.4. The molecule has 0 radical (unpaired) electrons. The molecular formula is C24H30N2O5. The fourth-order valence-corrected chi connectivity index (χ4v) is 3.55. The van der Waals surface area contributed by atoms with Gasteiger partial charge in [0.05, 0.1) is 6.54 Å². The molecule has 1 heterocycles. The summed E-state index contributed by atoms with van der Waals surface area (Å²) in [5.41, 5.74) is 2.63. The maximum absolute atomic E-state index is 12.5. The molecule has 0 spiro atoms. The molecule has 2 aromatic rings. The fourth-order valence-electron chi connectivity index (χ4n) is 3.55. The second-order valence-corrected chi connectivity index (χ2v) is 7.64. The largest absolute Gasteiger partial charge is 0.473 e. The van der Waals surface area contributed by atoms with E-state index in [-0.39, 0.29) is 11.9 Å². The molecule has 3 rings (SSSR count). The van der Waals surface area contributed by atoms with Crippen LogP contribution in [0.1, 0.15) is 36.9 Å². The van der Waals surface area contributed by atoms with Crippen molar-refractivity contribution in [2.75, 3.05) is 19.6 Å². The van der Waals surface area contributed by atoms with Crippen LogP contribution in [0.15, 0.2) is 60.7 Å². The van der Waals surface area contributed by atoms with Crippen LogP contribution in [0.3, 0.4) is 0 Å². The summed E-state index contributed by atoms with van der Waals surface area (Å²) in [6, 6.07) is 21.1. The molecule has 0 aliphatic carbocycles. The van der Waals surface area contributed by atoms with Crippen LogP contribution in [0.5, 0.6) is 0 Å². The van der Waals surface area contributed by atoms with Crippen molar-refractivity contribution in [1.29, 1.82) is 0 Å². The van der Waals surface area contributed by atoms with Gasteiger partial charge in [-0.1, -0.05) is 60.7 Å². The highest BCUT2D eigenvalue weighted by Gasteiger charge is 2.23. The van der Waals surface area contributed by atoms with Crippen LogP contribution in [-0.2, 0) is 20.8 Å². The fraction of sp³-hybridized carbons (Fsp3) is 0.375. The van der Waals surface area contributed by atoms with Crippen molar-refractivity contribution in [1.82, 2.24) is 10.2 Å². The molecule has 0 saturated carbocycles. The number of carbonyl (C=O) groups is 3. The minimum atomic E-state index is -1.82. The van der Waals surface area contributed by atoms with Gasteiger partial charge in [-0.2, -0.15) is 0 Å². The Bertz CT molecular complexity index is 822. The Morgan fingerprint density at radius 3 is 1.97 bits per heavy atom. The summed E-state index contributed by atoms with van der Waals surface area (Å²) in [5, 5.41) is 18.1. The van der Waals surface area contributed by atoms with Crippen LogP contribution in [0.25, 0.3) is 0 Å². The molecule has 1 fully saturated rings. The third-order valence-electron chi connectivity index (χ3n) is 5.38. The van der Waals surface area contributed by atoms with E-state index < -0.39 is 11.9 Å². The molecule has 31 heavy (non-hydrogen) atoms. The van der Waals surface area contributed by atoms with Crippen molar-refractivity contribution in [3.8, 4) is 0 Å². The summed E-state index contributed by atoms with van der Waals surface area (Å²) in [4.78, 5) is 32.7. The lowest BCUT2D eigenvalue weighted by Gasteiger charge is -2.32. The molecule has 0 bridgehead atoms. The number of carbonyl (C=O) groups excluding carboxylic acids is 1.